The molecule has 0 unspecified atom stereocenters. The van der Waals surface area contributed by atoms with E-state index < -0.39 is 0 Å². The first-order valence-electron chi connectivity index (χ1n) is 8.19. The van der Waals surface area contributed by atoms with Crippen LogP contribution in [0.5, 0.6) is 5.75 Å². The van der Waals surface area contributed by atoms with Gasteiger partial charge in [0.1, 0.15) is 11.5 Å². The number of carbonyl (C=O) groups is 1. The van der Waals surface area contributed by atoms with Crippen LogP contribution in [0.3, 0.4) is 0 Å². The average Bonchev–Trinajstić information content (AvgIpc) is 3.16. The number of hydrogen-bond donors (Lipinski definition) is 0. The Balaban J connectivity index is 1.63. The summed E-state index contributed by atoms with van der Waals surface area (Å²) in [7, 11) is 1.62. The van der Waals surface area contributed by atoms with Crippen molar-refractivity contribution in [2.75, 3.05) is 12.0 Å². The molecule has 4 rings (SSSR count). The van der Waals surface area contributed by atoms with Crippen molar-refractivity contribution < 1.29 is 14.1 Å². The van der Waals surface area contributed by atoms with Crippen molar-refractivity contribution in [1.82, 2.24) is 5.16 Å². The van der Waals surface area contributed by atoms with Gasteiger partial charge in [-0.25, -0.2) is 0 Å². The highest BCUT2D eigenvalue weighted by atomic mass is 32.1. The molecular weight excluding hydrogens is 336 g/mol. The first-order chi connectivity index (χ1) is 12.2. The van der Waals surface area contributed by atoms with Gasteiger partial charge in [-0.05, 0) is 48.6 Å². The van der Waals surface area contributed by atoms with E-state index >= 15 is 0 Å². The van der Waals surface area contributed by atoms with Crippen molar-refractivity contribution >= 4 is 22.9 Å². The van der Waals surface area contributed by atoms with Gasteiger partial charge in [-0.15, -0.1) is 11.3 Å². The lowest BCUT2D eigenvalue weighted by Crippen LogP contribution is -2.30. The summed E-state index contributed by atoms with van der Waals surface area (Å²) in [6.07, 6.45) is 2.22. The lowest BCUT2D eigenvalue weighted by molar-refractivity contribution is 0.0976. The lowest BCUT2D eigenvalue weighted by Gasteiger charge is -2.21. The van der Waals surface area contributed by atoms with Crippen molar-refractivity contribution in [3.05, 3.63) is 64.2 Å². The largest absolute Gasteiger partial charge is 0.497 e. The van der Waals surface area contributed by atoms with E-state index in [1.807, 2.05) is 41.8 Å². The molecule has 25 heavy (non-hydrogen) atoms. The van der Waals surface area contributed by atoms with E-state index in [1.54, 1.807) is 29.4 Å². The Hall–Kier alpha value is -2.60. The SMILES string of the molecule is COc1ccc(N(Cc2cccs2)C(=O)c2cc(C3CC3)on2)cc1. The fourth-order valence-electron chi connectivity index (χ4n) is 2.69. The number of hydrogen-bond acceptors (Lipinski definition) is 5. The molecule has 0 atom stereocenters. The zero-order valence-electron chi connectivity index (χ0n) is 13.8. The van der Waals surface area contributed by atoms with Crippen LogP contribution in [0.2, 0.25) is 0 Å². The quantitative estimate of drug-likeness (QED) is 0.655. The summed E-state index contributed by atoms with van der Waals surface area (Å²) in [4.78, 5) is 15.9. The van der Waals surface area contributed by atoms with Gasteiger partial charge in [-0.1, -0.05) is 11.2 Å². The maximum atomic E-state index is 13.1. The molecule has 1 saturated carbocycles. The van der Waals surface area contributed by atoms with Crippen molar-refractivity contribution in [3.8, 4) is 5.75 Å². The highest BCUT2D eigenvalue weighted by Crippen LogP contribution is 2.40. The second-order valence-electron chi connectivity index (χ2n) is 6.06. The van der Waals surface area contributed by atoms with Gasteiger partial charge in [0.25, 0.3) is 5.91 Å². The van der Waals surface area contributed by atoms with Gasteiger partial charge in [0.2, 0.25) is 0 Å². The first kappa shape index (κ1) is 15.9. The van der Waals surface area contributed by atoms with Gasteiger partial charge in [-0.2, -0.15) is 0 Å². The zero-order chi connectivity index (χ0) is 17.2. The summed E-state index contributed by atoms with van der Waals surface area (Å²) >= 11 is 1.62. The fraction of sp³-hybridized carbons (Fsp3) is 0.263. The molecule has 0 spiro atoms. The number of carbonyl (C=O) groups excluding carboxylic acids is 1. The molecule has 0 saturated heterocycles. The molecule has 128 valence electrons. The molecular formula is C19H18N2O3S. The fourth-order valence-corrected chi connectivity index (χ4v) is 3.38. The molecule has 1 aliphatic carbocycles. The zero-order valence-corrected chi connectivity index (χ0v) is 14.7. The number of thiophene rings is 1. The smallest absolute Gasteiger partial charge is 0.280 e. The molecule has 0 bridgehead atoms. The van der Waals surface area contributed by atoms with Crippen LogP contribution in [-0.2, 0) is 6.54 Å². The minimum atomic E-state index is -0.158. The molecule has 1 aliphatic rings. The standard InChI is InChI=1S/C19H18N2O3S/c1-23-15-8-6-14(7-9-15)21(12-16-3-2-10-25-16)19(22)17-11-18(24-20-17)13-4-5-13/h2-3,6-11,13H,4-5,12H2,1H3. The van der Waals surface area contributed by atoms with Crippen molar-refractivity contribution in [3.63, 3.8) is 0 Å². The van der Waals surface area contributed by atoms with Crippen LogP contribution in [-0.4, -0.2) is 18.2 Å². The maximum absolute atomic E-state index is 13.1. The third-order valence-electron chi connectivity index (χ3n) is 4.25. The lowest BCUT2D eigenvalue weighted by atomic mass is 10.2. The van der Waals surface area contributed by atoms with Crippen LogP contribution in [0.1, 0.15) is 39.9 Å². The Morgan fingerprint density at radius 3 is 2.76 bits per heavy atom. The molecule has 5 nitrogen and oxygen atoms in total. The van der Waals surface area contributed by atoms with Crippen molar-refractivity contribution in [1.29, 1.82) is 0 Å². The molecule has 0 radical (unpaired) electrons. The van der Waals surface area contributed by atoms with E-state index in [1.165, 1.54) is 0 Å². The minimum absolute atomic E-state index is 0.158. The Kier molecular flexibility index (Phi) is 4.28. The monoisotopic (exact) mass is 354 g/mol. The molecule has 1 fully saturated rings. The number of anilines is 1. The summed E-state index contributed by atoms with van der Waals surface area (Å²) in [5.74, 6) is 1.84. The van der Waals surface area contributed by atoms with Gasteiger partial charge < -0.3 is 14.2 Å². The van der Waals surface area contributed by atoms with Crippen LogP contribution in [0.15, 0.2) is 52.4 Å². The Morgan fingerprint density at radius 2 is 2.12 bits per heavy atom. The average molecular weight is 354 g/mol. The molecule has 0 aliphatic heterocycles. The van der Waals surface area contributed by atoms with Gasteiger partial charge in [0, 0.05) is 22.5 Å². The van der Waals surface area contributed by atoms with Crippen LogP contribution < -0.4 is 9.64 Å². The molecule has 6 heteroatoms. The van der Waals surface area contributed by atoms with Gasteiger partial charge in [0.15, 0.2) is 5.69 Å². The van der Waals surface area contributed by atoms with Crippen LogP contribution >= 0.6 is 11.3 Å². The van der Waals surface area contributed by atoms with Crippen LogP contribution in [0.4, 0.5) is 5.69 Å². The van der Waals surface area contributed by atoms with Crippen molar-refractivity contribution in [2.45, 2.75) is 25.3 Å². The number of amides is 1. The Morgan fingerprint density at radius 1 is 1.32 bits per heavy atom. The summed E-state index contributed by atoms with van der Waals surface area (Å²) in [6.45, 7) is 0.494. The number of methoxy groups -OCH3 is 1. The number of benzene rings is 1. The predicted octanol–water partition coefficient (Wildman–Crippen LogP) is 4.47. The van der Waals surface area contributed by atoms with E-state index in [0.29, 0.717) is 18.2 Å². The predicted molar refractivity (Wildman–Crippen MR) is 96.3 cm³/mol. The molecule has 2 heterocycles. The number of nitrogens with zero attached hydrogens (tertiary/aromatic N) is 2. The number of rotatable bonds is 6. The number of ether oxygens (including phenoxy) is 1. The second-order valence-corrected chi connectivity index (χ2v) is 7.09. The summed E-state index contributed by atoms with van der Waals surface area (Å²) in [5.41, 5.74) is 1.16. The summed E-state index contributed by atoms with van der Waals surface area (Å²) in [5, 5.41) is 6.01. The molecule has 1 amide bonds. The highest BCUT2D eigenvalue weighted by molar-refractivity contribution is 7.09. The normalized spacial score (nSPS) is 13.6. The van der Waals surface area contributed by atoms with Crippen LogP contribution in [0.25, 0.3) is 0 Å². The molecule has 1 aromatic carbocycles. The Labute approximate surface area is 149 Å². The minimum Gasteiger partial charge on any atom is -0.497 e. The molecule has 2 aromatic heterocycles. The van der Waals surface area contributed by atoms with Crippen molar-refractivity contribution in [2.24, 2.45) is 0 Å². The van der Waals surface area contributed by atoms with E-state index in [9.17, 15) is 4.79 Å². The van der Waals surface area contributed by atoms with Gasteiger partial charge in [-0.3, -0.25) is 4.79 Å². The van der Waals surface area contributed by atoms with E-state index in [4.69, 9.17) is 9.26 Å². The molecule has 0 N–H and O–H groups in total. The van der Waals surface area contributed by atoms with E-state index in [0.717, 1.165) is 34.9 Å². The van der Waals surface area contributed by atoms with E-state index in [-0.39, 0.29) is 5.91 Å². The summed E-state index contributed by atoms with van der Waals surface area (Å²) in [6, 6.07) is 13.2. The second kappa shape index (κ2) is 6.72. The van der Waals surface area contributed by atoms with E-state index in [2.05, 4.69) is 5.16 Å². The van der Waals surface area contributed by atoms with Crippen LogP contribution in [0, 0.1) is 0 Å². The van der Waals surface area contributed by atoms with Gasteiger partial charge in [0.05, 0.1) is 13.7 Å². The molecule has 3 aromatic rings. The third kappa shape index (κ3) is 3.44. The topological polar surface area (TPSA) is 55.6 Å². The van der Waals surface area contributed by atoms with Gasteiger partial charge >= 0.3 is 0 Å². The third-order valence-corrected chi connectivity index (χ3v) is 5.11. The highest BCUT2D eigenvalue weighted by Gasteiger charge is 2.30. The summed E-state index contributed by atoms with van der Waals surface area (Å²) < 4.78 is 10.6. The number of aromatic nitrogens is 1. The maximum Gasteiger partial charge on any atom is 0.280 e. The Bertz CT molecular complexity index is 851. The first-order valence-corrected chi connectivity index (χ1v) is 9.07.